The fourth-order valence-electron chi connectivity index (χ4n) is 2.82. The summed E-state index contributed by atoms with van der Waals surface area (Å²) in [4.78, 5) is 12.3. The second kappa shape index (κ2) is 5.71. The molecule has 0 fully saturated rings. The molecule has 1 aliphatic carbocycles. The smallest absolute Gasteiger partial charge is 0.166 e. The summed E-state index contributed by atoms with van der Waals surface area (Å²) in [7, 11) is 4.71. The maximum atomic E-state index is 12.3. The zero-order valence-corrected chi connectivity index (χ0v) is 12.9. The van der Waals surface area contributed by atoms with E-state index in [1.54, 1.807) is 33.5 Å². The first kappa shape index (κ1) is 14.4. The van der Waals surface area contributed by atoms with E-state index in [2.05, 4.69) is 10.2 Å². The average molecular weight is 302 g/mol. The van der Waals surface area contributed by atoms with Crippen molar-refractivity contribution in [2.75, 3.05) is 21.3 Å². The summed E-state index contributed by atoms with van der Waals surface area (Å²) in [6.07, 6.45) is 2.25. The van der Waals surface area contributed by atoms with Crippen LogP contribution in [0, 0.1) is 0 Å². The SMILES string of the molecule is COc1cc(OC)c(-c2n[nH]c3c2C(=O)CCC3)cc1OC. The first-order valence-electron chi connectivity index (χ1n) is 7.10. The molecule has 1 heterocycles. The van der Waals surface area contributed by atoms with Gasteiger partial charge in [-0.05, 0) is 18.9 Å². The summed E-state index contributed by atoms with van der Waals surface area (Å²) in [6.45, 7) is 0. The lowest BCUT2D eigenvalue weighted by Gasteiger charge is -2.15. The van der Waals surface area contributed by atoms with Crippen LogP contribution in [0.5, 0.6) is 17.2 Å². The number of benzene rings is 1. The van der Waals surface area contributed by atoms with Gasteiger partial charge in [-0.1, -0.05) is 0 Å². The number of aromatic nitrogens is 2. The van der Waals surface area contributed by atoms with Gasteiger partial charge in [-0.2, -0.15) is 5.10 Å². The van der Waals surface area contributed by atoms with Crippen molar-refractivity contribution in [3.8, 4) is 28.5 Å². The lowest BCUT2D eigenvalue weighted by atomic mass is 9.92. The zero-order valence-electron chi connectivity index (χ0n) is 12.9. The van der Waals surface area contributed by atoms with Gasteiger partial charge < -0.3 is 14.2 Å². The Morgan fingerprint density at radius 3 is 2.36 bits per heavy atom. The Bertz CT molecular complexity index is 721. The van der Waals surface area contributed by atoms with Crippen LogP contribution in [0.2, 0.25) is 0 Å². The number of carbonyl (C=O) groups excluding carboxylic acids is 1. The Morgan fingerprint density at radius 2 is 1.68 bits per heavy atom. The number of H-pyrrole nitrogens is 1. The molecule has 22 heavy (non-hydrogen) atoms. The molecule has 0 spiro atoms. The van der Waals surface area contributed by atoms with Gasteiger partial charge in [0, 0.05) is 23.7 Å². The number of nitrogens with one attached hydrogen (secondary N) is 1. The number of nitrogens with zero attached hydrogens (tertiary/aromatic N) is 1. The highest BCUT2D eigenvalue weighted by atomic mass is 16.5. The Hall–Kier alpha value is -2.50. The van der Waals surface area contributed by atoms with Crippen LogP contribution >= 0.6 is 0 Å². The van der Waals surface area contributed by atoms with Gasteiger partial charge in [-0.3, -0.25) is 9.89 Å². The highest BCUT2D eigenvalue weighted by Gasteiger charge is 2.27. The first-order chi connectivity index (χ1) is 10.7. The molecule has 0 radical (unpaired) electrons. The van der Waals surface area contributed by atoms with Gasteiger partial charge in [0.2, 0.25) is 0 Å². The monoisotopic (exact) mass is 302 g/mol. The zero-order chi connectivity index (χ0) is 15.7. The minimum absolute atomic E-state index is 0.113. The number of aryl methyl sites for hydroxylation is 1. The van der Waals surface area contributed by atoms with E-state index in [1.807, 2.05) is 0 Å². The summed E-state index contributed by atoms with van der Waals surface area (Å²) < 4.78 is 16.1. The Labute approximate surface area is 128 Å². The third-order valence-electron chi connectivity index (χ3n) is 3.91. The highest BCUT2D eigenvalue weighted by Crippen LogP contribution is 2.41. The van der Waals surface area contributed by atoms with Crippen molar-refractivity contribution in [2.45, 2.75) is 19.3 Å². The van der Waals surface area contributed by atoms with Gasteiger partial charge in [0.15, 0.2) is 17.3 Å². The minimum Gasteiger partial charge on any atom is -0.496 e. The number of fused-ring (bicyclic) bond motifs is 1. The predicted octanol–water partition coefficient (Wildman–Crippen LogP) is 2.62. The lowest BCUT2D eigenvalue weighted by Crippen LogP contribution is -2.10. The van der Waals surface area contributed by atoms with E-state index < -0.39 is 0 Å². The molecule has 6 nitrogen and oxygen atoms in total. The van der Waals surface area contributed by atoms with Crippen molar-refractivity contribution in [3.63, 3.8) is 0 Å². The molecule has 0 atom stereocenters. The molecule has 3 rings (SSSR count). The number of ketones is 1. The van der Waals surface area contributed by atoms with Crippen molar-refractivity contribution in [2.24, 2.45) is 0 Å². The lowest BCUT2D eigenvalue weighted by molar-refractivity contribution is 0.0973. The van der Waals surface area contributed by atoms with Gasteiger partial charge in [0.1, 0.15) is 11.4 Å². The van der Waals surface area contributed by atoms with Crippen LogP contribution in [0.15, 0.2) is 12.1 Å². The van der Waals surface area contributed by atoms with Crippen LogP contribution in [0.3, 0.4) is 0 Å². The van der Waals surface area contributed by atoms with Gasteiger partial charge in [0.05, 0.1) is 26.9 Å². The van der Waals surface area contributed by atoms with Crippen LogP contribution in [0.4, 0.5) is 0 Å². The number of rotatable bonds is 4. The van der Waals surface area contributed by atoms with Crippen LogP contribution in [-0.4, -0.2) is 37.3 Å². The number of methoxy groups -OCH3 is 3. The largest absolute Gasteiger partial charge is 0.496 e. The number of ether oxygens (including phenoxy) is 3. The van der Waals surface area contributed by atoms with Gasteiger partial charge in [-0.25, -0.2) is 0 Å². The predicted molar refractivity (Wildman–Crippen MR) is 80.9 cm³/mol. The third kappa shape index (κ3) is 2.20. The van der Waals surface area contributed by atoms with E-state index in [0.29, 0.717) is 40.5 Å². The number of aromatic amines is 1. The van der Waals surface area contributed by atoms with Crippen LogP contribution in [-0.2, 0) is 6.42 Å². The fourth-order valence-corrected chi connectivity index (χ4v) is 2.82. The molecule has 0 amide bonds. The van der Waals surface area contributed by atoms with Crippen molar-refractivity contribution < 1.29 is 19.0 Å². The van der Waals surface area contributed by atoms with Crippen LogP contribution in [0.1, 0.15) is 28.9 Å². The maximum Gasteiger partial charge on any atom is 0.166 e. The molecule has 2 aromatic rings. The standard InChI is InChI=1S/C16H18N2O4/c1-20-12-8-14(22-3)13(21-2)7-9(12)16-15-10(17-18-16)5-4-6-11(15)19/h7-8H,4-6H2,1-3H3,(H,17,18). The van der Waals surface area contributed by atoms with Gasteiger partial charge in [-0.15, -0.1) is 0 Å². The normalized spacial score (nSPS) is 13.7. The molecule has 1 aliphatic rings. The molecule has 1 aromatic heterocycles. The molecule has 0 bridgehead atoms. The summed E-state index contributed by atoms with van der Waals surface area (Å²) in [5.74, 6) is 1.84. The summed E-state index contributed by atoms with van der Waals surface area (Å²) in [5, 5.41) is 7.31. The molecule has 1 N–H and O–H groups in total. The summed E-state index contributed by atoms with van der Waals surface area (Å²) >= 11 is 0. The minimum atomic E-state index is 0.113. The van der Waals surface area contributed by atoms with E-state index in [-0.39, 0.29) is 5.78 Å². The summed E-state index contributed by atoms with van der Waals surface area (Å²) in [6, 6.07) is 3.53. The van der Waals surface area contributed by atoms with E-state index in [9.17, 15) is 4.79 Å². The van der Waals surface area contributed by atoms with E-state index >= 15 is 0 Å². The van der Waals surface area contributed by atoms with Crippen LogP contribution < -0.4 is 14.2 Å². The molecular formula is C16H18N2O4. The van der Waals surface area contributed by atoms with Crippen molar-refractivity contribution in [3.05, 3.63) is 23.4 Å². The Kier molecular flexibility index (Phi) is 3.75. The second-order valence-corrected chi connectivity index (χ2v) is 5.11. The molecule has 0 saturated heterocycles. The third-order valence-corrected chi connectivity index (χ3v) is 3.91. The van der Waals surface area contributed by atoms with E-state index in [1.165, 1.54) is 0 Å². The average Bonchev–Trinajstić information content (AvgIpc) is 2.98. The highest BCUT2D eigenvalue weighted by molar-refractivity contribution is 6.04. The number of carbonyl (C=O) groups is 1. The Morgan fingerprint density at radius 1 is 1.00 bits per heavy atom. The van der Waals surface area contributed by atoms with Gasteiger partial charge >= 0.3 is 0 Å². The molecule has 116 valence electrons. The van der Waals surface area contributed by atoms with Crippen LogP contribution in [0.25, 0.3) is 11.3 Å². The van der Waals surface area contributed by atoms with Crippen molar-refractivity contribution in [1.82, 2.24) is 10.2 Å². The number of hydrogen-bond donors (Lipinski definition) is 1. The second-order valence-electron chi connectivity index (χ2n) is 5.11. The fraction of sp³-hybridized carbons (Fsp3) is 0.375. The summed E-state index contributed by atoms with van der Waals surface area (Å²) in [5.41, 5.74) is 2.88. The molecule has 0 saturated carbocycles. The molecule has 1 aromatic carbocycles. The van der Waals surface area contributed by atoms with Crippen molar-refractivity contribution in [1.29, 1.82) is 0 Å². The van der Waals surface area contributed by atoms with Gasteiger partial charge in [0.25, 0.3) is 0 Å². The molecular weight excluding hydrogens is 284 g/mol. The molecule has 0 aliphatic heterocycles. The molecule has 6 heteroatoms. The first-order valence-corrected chi connectivity index (χ1v) is 7.10. The quantitative estimate of drug-likeness (QED) is 0.939. The maximum absolute atomic E-state index is 12.3. The molecule has 0 unspecified atom stereocenters. The van der Waals surface area contributed by atoms with E-state index in [4.69, 9.17) is 14.2 Å². The Balaban J connectivity index is 2.20. The number of Topliss-reactive ketones (excluding diaryl/α,β-unsaturated/α-hetero) is 1. The van der Waals surface area contributed by atoms with E-state index in [0.717, 1.165) is 18.5 Å². The topological polar surface area (TPSA) is 73.4 Å². The number of hydrogen-bond acceptors (Lipinski definition) is 5. The van der Waals surface area contributed by atoms with Crippen molar-refractivity contribution >= 4 is 5.78 Å².